The number of nitrogens with zero attached hydrogens (tertiary/aromatic N) is 2. The Kier molecular flexibility index (Phi) is 8.48. The number of carbonyl (C=O) groups is 4. The Balaban J connectivity index is 1.40. The topological polar surface area (TPSA) is 104 Å². The molecule has 0 aliphatic carbocycles. The average Bonchev–Trinajstić information content (AvgIpc) is 3.04. The van der Waals surface area contributed by atoms with Crippen LogP contribution in [0.25, 0.3) is 6.08 Å². The van der Waals surface area contributed by atoms with Gasteiger partial charge in [-0.3, -0.25) is 19.3 Å². The van der Waals surface area contributed by atoms with Crippen LogP contribution in [0.3, 0.4) is 0 Å². The third kappa shape index (κ3) is 6.36. The molecule has 0 atom stereocenters. The highest BCUT2D eigenvalue weighted by atomic mass is 79.9. The zero-order chi connectivity index (χ0) is 25.7. The summed E-state index contributed by atoms with van der Waals surface area (Å²) in [5, 5.41) is 8.68. The van der Waals surface area contributed by atoms with Gasteiger partial charge in [-0.2, -0.15) is 0 Å². The Morgan fingerprint density at radius 1 is 1.06 bits per heavy atom. The predicted molar refractivity (Wildman–Crippen MR) is 140 cm³/mol. The minimum Gasteiger partial charge on any atom is -0.488 e. The van der Waals surface area contributed by atoms with Gasteiger partial charge in [-0.25, -0.2) is 4.79 Å². The second-order valence-electron chi connectivity index (χ2n) is 8.55. The van der Waals surface area contributed by atoms with Gasteiger partial charge in [-0.15, -0.1) is 0 Å². The number of carbonyl (C=O) groups excluding carboxylic acids is 3. The molecular weight excluding hydrogens is 548 g/mol. The number of hydrogen-bond acceptors (Lipinski definition) is 6. The Bertz CT molecular complexity index is 1220. The van der Waals surface area contributed by atoms with Crippen molar-refractivity contribution in [3.05, 3.63) is 68.5 Å². The largest absolute Gasteiger partial charge is 0.488 e. The summed E-state index contributed by atoms with van der Waals surface area (Å²) in [4.78, 5) is 52.2. The van der Waals surface area contributed by atoms with Crippen molar-refractivity contribution < 1.29 is 29.0 Å². The summed E-state index contributed by atoms with van der Waals surface area (Å²) in [5.41, 5.74) is 1.59. The zero-order valence-corrected chi connectivity index (χ0v) is 21.8. The van der Waals surface area contributed by atoms with Gasteiger partial charge < -0.3 is 14.7 Å². The first-order valence-corrected chi connectivity index (χ1v) is 13.2. The minimum atomic E-state index is -1.00. The first kappa shape index (κ1) is 26.0. The van der Waals surface area contributed by atoms with Gasteiger partial charge in [-0.05, 0) is 82.0 Å². The average molecular weight is 573 g/mol. The molecular formula is C26H25BrN2O6S. The molecule has 188 valence electrons. The molecule has 36 heavy (non-hydrogen) atoms. The fourth-order valence-electron chi connectivity index (χ4n) is 4.02. The van der Waals surface area contributed by atoms with Crippen molar-refractivity contribution in [1.82, 2.24) is 9.80 Å². The Labute approximate surface area is 221 Å². The van der Waals surface area contributed by atoms with Crippen molar-refractivity contribution in [2.24, 2.45) is 0 Å². The van der Waals surface area contributed by atoms with Crippen molar-refractivity contribution in [2.45, 2.75) is 32.3 Å². The number of rotatable bonds is 7. The summed E-state index contributed by atoms with van der Waals surface area (Å²) in [6.07, 6.45) is 5.68. The highest BCUT2D eigenvalue weighted by Gasteiger charge is 2.37. The summed E-state index contributed by atoms with van der Waals surface area (Å²) < 4.78 is 6.45. The maximum absolute atomic E-state index is 12.9. The maximum atomic E-state index is 12.9. The SMILES string of the molecule is O=C(O)c1cccc(COc2ccc(C=C3SC(=O)N(CC(=O)N4CCCCCC4)C3=O)cc2Br)c1. The molecule has 4 rings (SSSR count). The summed E-state index contributed by atoms with van der Waals surface area (Å²) in [6, 6.07) is 11.8. The highest BCUT2D eigenvalue weighted by molar-refractivity contribution is 9.10. The van der Waals surface area contributed by atoms with Crippen LogP contribution in [-0.4, -0.2) is 57.6 Å². The standard InChI is InChI=1S/C26H25BrN2O6S/c27-20-13-17(8-9-21(20)35-16-18-6-5-7-19(12-18)25(32)33)14-22-24(31)29(26(34)36-22)15-23(30)28-10-3-1-2-4-11-28/h5-9,12-14H,1-4,10-11,15-16H2,(H,32,33). The van der Waals surface area contributed by atoms with E-state index in [2.05, 4.69) is 15.9 Å². The number of halogens is 1. The van der Waals surface area contributed by atoms with Crippen molar-refractivity contribution in [1.29, 1.82) is 0 Å². The molecule has 1 N–H and O–H groups in total. The van der Waals surface area contributed by atoms with Crippen LogP contribution in [0, 0.1) is 0 Å². The molecule has 2 saturated heterocycles. The van der Waals surface area contributed by atoms with E-state index in [-0.39, 0.29) is 29.5 Å². The highest BCUT2D eigenvalue weighted by Crippen LogP contribution is 2.34. The predicted octanol–water partition coefficient (Wildman–Crippen LogP) is 5.17. The first-order chi connectivity index (χ1) is 17.3. The lowest BCUT2D eigenvalue weighted by molar-refractivity contribution is -0.135. The number of carboxylic acid groups (broad SMARTS) is 1. The maximum Gasteiger partial charge on any atom is 0.335 e. The zero-order valence-electron chi connectivity index (χ0n) is 19.4. The van der Waals surface area contributed by atoms with E-state index < -0.39 is 17.1 Å². The van der Waals surface area contributed by atoms with E-state index in [1.54, 1.807) is 47.4 Å². The van der Waals surface area contributed by atoms with Crippen LogP contribution < -0.4 is 4.74 Å². The number of amides is 3. The van der Waals surface area contributed by atoms with E-state index in [9.17, 15) is 19.2 Å². The van der Waals surface area contributed by atoms with Crippen LogP contribution in [0.2, 0.25) is 0 Å². The molecule has 2 fully saturated rings. The van der Waals surface area contributed by atoms with Crippen molar-refractivity contribution in [3.8, 4) is 5.75 Å². The lowest BCUT2D eigenvalue weighted by atomic mass is 10.1. The van der Waals surface area contributed by atoms with Gasteiger partial charge in [0, 0.05) is 13.1 Å². The van der Waals surface area contributed by atoms with E-state index in [1.165, 1.54) is 6.07 Å². The Morgan fingerprint density at radius 3 is 2.50 bits per heavy atom. The van der Waals surface area contributed by atoms with Gasteiger partial charge >= 0.3 is 5.97 Å². The smallest absolute Gasteiger partial charge is 0.335 e. The lowest BCUT2D eigenvalue weighted by Gasteiger charge is -2.22. The summed E-state index contributed by atoms with van der Waals surface area (Å²) in [6.45, 7) is 1.28. The van der Waals surface area contributed by atoms with Crippen molar-refractivity contribution >= 4 is 56.8 Å². The molecule has 10 heteroatoms. The van der Waals surface area contributed by atoms with E-state index >= 15 is 0 Å². The normalized spacial score (nSPS) is 17.4. The molecule has 0 spiro atoms. The van der Waals surface area contributed by atoms with Gasteiger partial charge in [0.15, 0.2) is 0 Å². The molecule has 2 heterocycles. The lowest BCUT2D eigenvalue weighted by Crippen LogP contribution is -2.42. The van der Waals surface area contributed by atoms with E-state index in [4.69, 9.17) is 9.84 Å². The second-order valence-corrected chi connectivity index (χ2v) is 10.4. The third-order valence-corrected chi connectivity index (χ3v) is 7.47. The molecule has 2 aliphatic heterocycles. The summed E-state index contributed by atoms with van der Waals surface area (Å²) >= 11 is 4.29. The minimum absolute atomic E-state index is 0.184. The molecule has 2 aromatic rings. The van der Waals surface area contributed by atoms with Gasteiger partial charge in [0.25, 0.3) is 11.1 Å². The Morgan fingerprint density at radius 2 is 1.81 bits per heavy atom. The molecule has 0 radical (unpaired) electrons. The number of carboxylic acids is 1. The third-order valence-electron chi connectivity index (χ3n) is 5.95. The number of hydrogen-bond donors (Lipinski definition) is 1. The number of likely N-dealkylation sites (tertiary alicyclic amines) is 1. The van der Waals surface area contributed by atoms with Gasteiger partial charge in [0.1, 0.15) is 18.9 Å². The number of aromatic carboxylic acids is 1. The first-order valence-electron chi connectivity index (χ1n) is 11.6. The number of ether oxygens (including phenoxy) is 1. The molecule has 0 bridgehead atoms. The molecule has 2 aliphatic rings. The van der Waals surface area contributed by atoms with Crippen molar-refractivity contribution in [3.63, 3.8) is 0 Å². The molecule has 0 aromatic heterocycles. The van der Waals surface area contributed by atoms with E-state index in [1.807, 2.05) is 0 Å². The Hall–Kier alpha value is -3.11. The van der Waals surface area contributed by atoms with E-state index in [0.717, 1.165) is 42.3 Å². The monoisotopic (exact) mass is 572 g/mol. The second kappa shape index (κ2) is 11.7. The number of thioether (sulfide) groups is 1. The van der Waals surface area contributed by atoms with Gasteiger partial charge in [0.2, 0.25) is 5.91 Å². The molecule has 2 aromatic carbocycles. The number of benzene rings is 2. The number of imide groups is 1. The van der Waals surface area contributed by atoms with Crippen LogP contribution >= 0.6 is 27.7 Å². The van der Waals surface area contributed by atoms with E-state index in [0.29, 0.717) is 34.4 Å². The summed E-state index contributed by atoms with van der Waals surface area (Å²) in [5.74, 6) is -1.12. The fraction of sp³-hybridized carbons (Fsp3) is 0.308. The van der Waals surface area contributed by atoms with Crippen LogP contribution in [0.1, 0.15) is 47.2 Å². The van der Waals surface area contributed by atoms with Crippen LogP contribution in [0.15, 0.2) is 51.8 Å². The van der Waals surface area contributed by atoms with Crippen LogP contribution in [0.4, 0.5) is 4.79 Å². The van der Waals surface area contributed by atoms with Crippen molar-refractivity contribution in [2.75, 3.05) is 19.6 Å². The quantitative estimate of drug-likeness (QED) is 0.456. The fourth-order valence-corrected chi connectivity index (χ4v) is 5.37. The molecule has 0 unspecified atom stereocenters. The molecule has 0 saturated carbocycles. The summed E-state index contributed by atoms with van der Waals surface area (Å²) in [7, 11) is 0. The molecule has 3 amide bonds. The van der Waals surface area contributed by atoms with Crippen LogP contribution in [0.5, 0.6) is 5.75 Å². The van der Waals surface area contributed by atoms with Gasteiger partial charge in [-0.1, -0.05) is 31.0 Å². The van der Waals surface area contributed by atoms with Crippen LogP contribution in [-0.2, 0) is 16.2 Å². The molecule has 8 nitrogen and oxygen atoms in total. The van der Waals surface area contributed by atoms with Gasteiger partial charge in [0.05, 0.1) is 14.9 Å².